The van der Waals surface area contributed by atoms with Gasteiger partial charge in [-0.05, 0) is 13.5 Å². The summed E-state index contributed by atoms with van der Waals surface area (Å²) in [5, 5.41) is 0. The molecule has 0 N–H and O–H groups in total. The Hall–Kier alpha value is -1.89. The predicted octanol–water partition coefficient (Wildman–Crippen LogP) is 0.494. The lowest BCUT2D eigenvalue weighted by Gasteiger charge is -2.41. The van der Waals surface area contributed by atoms with Crippen LogP contribution in [0.4, 0.5) is 0 Å². The lowest BCUT2D eigenvalue weighted by molar-refractivity contribution is -0.139. The molecule has 2 aliphatic rings. The molecule has 132 valence electrons. The van der Waals surface area contributed by atoms with Crippen molar-refractivity contribution in [3.05, 3.63) is 18.2 Å². The lowest BCUT2D eigenvalue weighted by Crippen LogP contribution is -2.52. The van der Waals surface area contributed by atoms with Gasteiger partial charge in [0.15, 0.2) is 0 Å². The molecule has 7 heteroatoms. The second kappa shape index (κ2) is 6.93. The fourth-order valence-electron chi connectivity index (χ4n) is 3.84. The number of carbonyl (C=O) groups excluding carboxylic acids is 2. The molecule has 2 fully saturated rings. The summed E-state index contributed by atoms with van der Waals surface area (Å²) in [5.74, 6) is 1.03. The number of hydrogen-bond donors (Lipinski definition) is 0. The molecule has 0 aromatic carbocycles. The zero-order valence-electron chi connectivity index (χ0n) is 14.8. The van der Waals surface area contributed by atoms with Gasteiger partial charge in [0.05, 0.1) is 12.0 Å². The van der Waals surface area contributed by atoms with Crippen molar-refractivity contribution >= 4 is 11.8 Å². The van der Waals surface area contributed by atoms with E-state index in [9.17, 15) is 9.59 Å². The third-order valence-electron chi connectivity index (χ3n) is 5.31. The molecular formula is C17H27N5O2. The van der Waals surface area contributed by atoms with Gasteiger partial charge in [-0.2, -0.15) is 0 Å². The van der Waals surface area contributed by atoms with Gasteiger partial charge in [-0.1, -0.05) is 6.92 Å². The average molecular weight is 333 g/mol. The molecule has 3 rings (SSSR count). The van der Waals surface area contributed by atoms with Gasteiger partial charge in [0.2, 0.25) is 11.8 Å². The summed E-state index contributed by atoms with van der Waals surface area (Å²) in [6.07, 6.45) is 4.10. The summed E-state index contributed by atoms with van der Waals surface area (Å²) in [7, 11) is 1.99. The maximum Gasteiger partial charge on any atom is 0.228 e. The molecule has 0 saturated carbocycles. The maximum atomic E-state index is 12.9. The van der Waals surface area contributed by atoms with Crippen molar-refractivity contribution in [2.24, 2.45) is 13.0 Å². The predicted molar refractivity (Wildman–Crippen MR) is 90.1 cm³/mol. The third kappa shape index (κ3) is 3.05. The van der Waals surface area contributed by atoms with Crippen molar-refractivity contribution in [3.63, 3.8) is 0 Å². The number of hydrogen-bond acceptors (Lipinski definition) is 4. The Bertz CT molecular complexity index is 614. The van der Waals surface area contributed by atoms with Gasteiger partial charge in [-0.15, -0.1) is 0 Å². The number of aryl methyl sites for hydroxylation is 1. The van der Waals surface area contributed by atoms with Crippen LogP contribution >= 0.6 is 0 Å². The van der Waals surface area contributed by atoms with E-state index in [0.29, 0.717) is 26.1 Å². The van der Waals surface area contributed by atoms with Crippen LogP contribution in [0.2, 0.25) is 0 Å². The molecular weight excluding hydrogens is 306 g/mol. The highest BCUT2D eigenvalue weighted by atomic mass is 16.2. The number of carbonyl (C=O) groups is 2. The van der Waals surface area contributed by atoms with Crippen LogP contribution < -0.4 is 0 Å². The Morgan fingerprint density at radius 2 is 2.04 bits per heavy atom. The Kier molecular flexibility index (Phi) is 4.89. The molecule has 24 heavy (non-hydrogen) atoms. The van der Waals surface area contributed by atoms with E-state index in [1.165, 1.54) is 0 Å². The van der Waals surface area contributed by atoms with Crippen LogP contribution in [0, 0.1) is 5.92 Å². The molecule has 0 radical (unpaired) electrons. The van der Waals surface area contributed by atoms with Gasteiger partial charge >= 0.3 is 0 Å². The molecule has 0 aliphatic carbocycles. The SMILES string of the molecule is CCN1C[C@@H](C(=O)N2CCN(CC)[C@H](c3nccn3C)C2)CC1=O. The zero-order valence-corrected chi connectivity index (χ0v) is 14.8. The highest BCUT2D eigenvalue weighted by Gasteiger charge is 2.39. The molecule has 2 aliphatic heterocycles. The van der Waals surface area contributed by atoms with Gasteiger partial charge in [-0.25, -0.2) is 4.98 Å². The normalized spacial score (nSPS) is 25.5. The van der Waals surface area contributed by atoms with Gasteiger partial charge < -0.3 is 14.4 Å². The Balaban J connectivity index is 1.72. The van der Waals surface area contributed by atoms with Crippen molar-refractivity contribution in [2.75, 3.05) is 39.3 Å². The molecule has 1 aromatic heterocycles. The van der Waals surface area contributed by atoms with Gasteiger partial charge in [0.25, 0.3) is 0 Å². The van der Waals surface area contributed by atoms with E-state index in [4.69, 9.17) is 0 Å². The van der Waals surface area contributed by atoms with Gasteiger partial charge in [0.1, 0.15) is 5.82 Å². The zero-order chi connectivity index (χ0) is 17.3. The van der Waals surface area contributed by atoms with E-state index >= 15 is 0 Å². The molecule has 0 bridgehead atoms. The summed E-state index contributed by atoms with van der Waals surface area (Å²) >= 11 is 0. The second-order valence-electron chi connectivity index (χ2n) is 6.66. The quantitative estimate of drug-likeness (QED) is 0.805. The van der Waals surface area contributed by atoms with E-state index in [2.05, 4.69) is 16.8 Å². The van der Waals surface area contributed by atoms with Crippen molar-refractivity contribution < 1.29 is 9.59 Å². The molecule has 7 nitrogen and oxygen atoms in total. The Morgan fingerprint density at radius 1 is 1.25 bits per heavy atom. The number of nitrogens with zero attached hydrogens (tertiary/aromatic N) is 5. The minimum atomic E-state index is -0.187. The van der Waals surface area contributed by atoms with E-state index < -0.39 is 0 Å². The first-order chi connectivity index (χ1) is 11.5. The molecule has 3 heterocycles. The third-order valence-corrected chi connectivity index (χ3v) is 5.31. The number of amides is 2. The van der Waals surface area contributed by atoms with Crippen LogP contribution in [0.1, 0.15) is 32.1 Å². The maximum absolute atomic E-state index is 12.9. The first-order valence-electron chi connectivity index (χ1n) is 8.83. The number of piperazine rings is 1. The molecule has 0 spiro atoms. The van der Waals surface area contributed by atoms with Crippen LogP contribution in [-0.2, 0) is 16.6 Å². The number of imidazole rings is 1. The highest BCUT2D eigenvalue weighted by Crippen LogP contribution is 2.27. The topological polar surface area (TPSA) is 61.7 Å². The average Bonchev–Trinajstić information content (AvgIpc) is 3.19. The van der Waals surface area contributed by atoms with Crippen molar-refractivity contribution in [3.8, 4) is 0 Å². The van der Waals surface area contributed by atoms with Crippen LogP contribution in [0.15, 0.2) is 12.4 Å². The van der Waals surface area contributed by atoms with Crippen LogP contribution in [0.25, 0.3) is 0 Å². The molecule has 0 unspecified atom stereocenters. The van der Waals surface area contributed by atoms with E-state index in [-0.39, 0.29) is 23.8 Å². The van der Waals surface area contributed by atoms with Gasteiger partial charge in [-0.3, -0.25) is 14.5 Å². The fourth-order valence-corrected chi connectivity index (χ4v) is 3.84. The smallest absolute Gasteiger partial charge is 0.228 e. The molecule has 2 amide bonds. The number of likely N-dealkylation sites (tertiary alicyclic amines) is 1. The molecule has 2 saturated heterocycles. The van der Waals surface area contributed by atoms with E-state index in [0.717, 1.165) is 25.5 Å². The van der Waals surface area contributed by atoms with E-state index in [1.807, 2.05) is 29.6 Å². The summed E-state index contributed by atoms with van der Waals surface area (Å²) < 4.78 is 2.03. The molecule has 2 atom stereocenters. The minimum Gasteiger partial charge on any atom is -0.342 e. The van der Waals surface area contributed by atoms with Crippen molar-refractivity contribution in [1.29, 1.82) is 0 Å². The second-order valence-corrected chi connectivity index (χ2v) is 6.66. The first kappa shape index (κ1) is 17.0. The van der Waals surface area contributed by atoms with E-state index in [1.54, 1.807) is 11.1 Å². The van der Waals surface area contributed by atoms with Crippen LogP contribution in [-0.4, -0.2) is 75.3 Å². The monoisotopic (exact) mass is 333 g/mol. The van der Waals surface area contributed by atoms with Crippen LogP contribution in [0.3, 0.4) is 0 Å². The first-order valence-corrected chi connectivity index (χ1v) is 8.83. The Labute approximate surface area is 143 Å². The fraction of sp³-hybridized carbons (Fsp3) is 0.706. The van der Waals surface area contributed by atoms with Crippen molar-refractivity contribution in [1.82, 2.24) is 24.3 Å². The number of aromatic nitrogens is 2. The summed E-state index contributed by atoms with van der Waals surface area (Å²) in [4.78, 5) is 35.4. The molecule has 1 aromatic rings. The largest absolute Gasteiger partial charge is 0.342 e. The lowest BCUT2D eigenvalue weighted by atomic mass is 10.0. The highest BCUT2D eigenvalue weighted by molar-refractivity contribution is 5.89. The van der Waals surface area contributed by atoms with Gasteiger partial charge in [0, 0.05) is 58.6 Å². The standard InChI is InChI=1S/C17H27N5O2/c1-4-20-8-9-22(12-14(20)16-18-6-7-19(16)3)17(24)13-10-15(23)21(5-2)11-13/h6-7,13-14H,4-5,8-12H2,1-3H3/t13-,14-/m0/s1. The summed E-state index contributed by atoms with van der Waals surface area (Å²) in [6.45, 7) is 8.50. The Morgan fingerprint density at radius 3 is 2.62 bits per heavy atom. The van der Waals surface area contributed by atoms with Crippen molar-refractivity contribution in [2.45, 2.75) is 26.3 Å². The number of rotatable bonds is 4. The summed E-state index contributed by atoms with van der Waals surface area (Å²) in [6, 6.07) is 0.118. The summed E-state index contributed by atoms with van der Waals surface area (Å²) in [5.41, 5.74) is 0. The van der Waals surface area contributed by atoms with Crippen LogP contribution in [0.5, 0.6) is 0 Å². The minimum absolute atomic E-state index is 0.101. The number of likely N-dealkylation sites (N-methyl/N-ethyl adjacent to an activating group) is 1.